The first-order valence-electron chi connectivity index (χ1n) is 6.63. The van der Waals surface area contributed by atoms with Crippen LogP contribution in [0.3, 0.4) is 0 Å². The molecule has 0 amide bonds. The van der Waals surface area contributed by atoms with Gasteiger partial charge in [0.2, 0.25) is 0 Å². The molecule has 0 aliphatic carbocycles. The monoisotopic (exact) mass is 263 g/mol. The predicted molar refractivity (Wildman–Crippen MR) is 75.4 cm³/mol. The Hall–Kier alpha value is -1.69. The fourth-order valence-electron chi connectivity index (χ4n) is 2.10. The summed E-state index contributed by atoms with van der Waals surface area (Å²) in [5, 5.41) is 7.75. The van der Waals surface area contributed by atoms with E-state index in [2.05, 4.69) is 20.4 Å². The molecular weight excluding hydrogens is 242 g/mol. The van der Waals surface area contributed by atoms with Crippen molar-refractivity contribution in [3.63, 3.8) is 0 Å². The third kappa shape index (κ3) is 3.01. The van der Waals surface area contributed by atoms with Crippen molar-refractivity contribution in [2.24, 2.45) is 7.05 Å². The molecule has 6 nitrogen and oxygen atoms in total. The highest BCUT2D eigenvalue weighted by Gasteiger charge is 2.13. The first kappa shape index (κ1) is 13.7. The lowest BCUT2D eigenvalue weighted by Crippen LogP contribution is -2.09. The molecule has 2 rings (SSSR count). The standard InChI is InChI=1S/C13H21N5O/c1-5-19-8-6-7-14-13-12-11(15-10(3)16-13)9(2)17-18(12)4/h5-8H2,1-4H3,(H,14,15,16). The highest BCUT2D eigenvalue weighted by molar-refractivity contribution is 5.87. The summed E-state index contributed by atoms with van der Waals surface area (Å²) in [6.07, 6.45) is 0.954. The lowest BCUT2D eigenvalue weighted by Gasteiger charge is -2.08. The molecule has 0 unspecified atom stereocenters. The van der Waals surface area contributed by atoms with Crippen LogP contribution in [0.2, 0.25) is 0 Å². The molecule has 0 aliphatic heterocycles. The number of anilines is 1. The van der Waals surface area contributed by atoms with Crippen molar-refractivity contribution in [2.45, 2.75) is 27.2 Å². The largest absolute Gasteiger partial charge is 0.382 e. The second kappa shape index (κ2) is 5.97. The molecule has 0 aliphatic rings. The molecule has 0 atom stereocenters. The molecule has 0 fully saturated rings. The molecular formula is C13H21N5O. The number of hydrogen-bond acceptors (Lipinski definition) is 5. The number of nitrogens with one attached hydrogen (secondary N) is 1. The number of aromatic nitrogens is 4. The molecule has 104 valence electrons. The molecule has 0 spiro atoms. The summed E-state index contributed by atoms with van der Waals surface area (Å²) in [5.74, 6) is 1.61. The minimum atomic E-state index is 0.760. The van der Waals surface area contributed by atoms with Crippen molar-refractivity contribution in [2.75, 3.05) is 25.1 Å². The minimum absolute atomic E-state index is 0.760. The average Bonchev–Trinajstić information content (AvgIpc) is 2.64. The van der Waals surface area contributed by atoms with Gasteiger partial charge < -0.3 is 10.1 Å². The molecule has 2 heterocycles. The Balaban J connectivity index is 2.17. The van der Waals surface area contributed by atoms with Gasteiger partial charge in [0.05, 0.1) is 5.69 Å². The van der Waals surface area contributed by atoms with E-state index in [-0.39, 0.29) is 0 Å². The van der Waals surface area contributed by atoms with Crippen LogP contribution < -0.4 is 5.32 Å². The molecule has 0 saturated heterocycles. The lowest BCUT2D eigenvalue weighted by atomic mass is 10.3. The van der Waals surface area contributed by atoms with Crippen molar-refractivity contribution in [1.29, 1.82) is 0 Å². The zero-order valence-corrected chi connectivity index (χ0v) is 12.0. The third-order valence-corrected chi connectivity index (χ3v) is 2.92. The van der Waals surface area contributed by atoms with Gasteiger partial charge in [0.1, 0.15) is 16.9 Å². The normalized spacial score (nSPS) is 11.2. The summed E-state index contributed by atoms with van der Waals surface area (Å²) < 4.78 is 7.15. The highest BCUT2D eigenvalue weighted by Crippen LogP contribution is 2.22. The molecule has 2 aromatic rings. The van der Waals surface area contributed by atoms with Gasteiger partial charge in [-0.3, -0.25) is 4.68 Å². The molecule has 19 heavy (non-hydrogen) atoms. The van der Waals surface area contributed by atoms with Crippen molar-refractivity contribution in [3.8, 4) is 0 Å². The molecule has 0 radical (unpaired) electrons. The van der Waals surface area contributed by atoms with E-state index in [1.54, 1.807) is 0 Å². The van der Waals surface area contributed by atoms with E-state index >= 15 is 0 Å². The lowest BCUT2D eigenvalue weighted by molar-refractivity contribution is 0.147. The Bertz CT molecular complexity index is 564. The van der Waals surface area contributed by atoms with Crippen LogP contribution in [-0.2, 0) is 11.8 Å². The van der Waals surface area contributed by atoms with Crippen LogP contribution in [0, 0.1) is 13.8 Å². The molecule has 0 bridgehead atoms. The van der Waals surface area contributed by atoms with E-state index in [1.807, 2.05) is 32.5 Å². The van der Waals surface area contributed by atoms with E-state index in [0.29, 0.717) is 0 Å². The Morgan fingerprint density at radius 3 is 2.79 bits per heavy atom. The SMILES string of the molecule is CCOCCCNc1nc(C)nc2c(C)nn(C)c12. The first-order valence-corrected chi connectivity index (χ1v) is 6.63. The number of ether oxygens (including phenoxy) is 1. The van der Waals surface area contributed by atoms with Gasteiger partial charge in [-0.25, -0.2) is 9.97 Å². The first-order chi connectivity index (χ1) is 9.13. The van der Waals surface area contributed by atoms with Gasteiger partial charge >= 0.3 is 0 Å². The van der Waals surface area contributed by atoms with E-state index in [0.717, 1.165) is 54.5 Å². The van der Waals surface area contributed by atoms with Crippen LogP contribution >= 0.6 is 0 Å². The van der Waals surface area contributed by atoms with Crippen LogP contribution in [-0.4, -0.2) is 39.5 Å². The summed E-state index contributed by atoms with van der Waals surface area (Å²) in [4.78, 5) is 8.92. The van der Waals surface area contributed by atoms with Crippen LogP contribution in [0.1, 0.15) is 24.9 Å². The zero-order valence-electron chi connectivity index (χ0n) is 12.0. The number of aryl methyl sites for hydroxylation is 3. The Morgan fingerprint density at radius 2 is 2.05 bits per heavy atom. The topological polar surface area (TPSA) is 64.9 Å². The summed E-state index contributed by atoms with van der Waals surface area (Å²) in [7, 11) is 1.92. The van der Waals surface area contributed by atoms with Crippen LogP contribution in [0.4, 0.5) is 5.82 Å². The molecule has 2 aromatic heterocycles. The van der Waals surface area contributed by atoms with E-state index < -0.39 is 0 Å². The van der Waals surface area contributed by atoms with E-state index in [4.69, 9.17) is 4.74 Å². The van der Waals surface area contributed by atoms with Gasteiger partial charge in [-0.05, 0) is 27.2 Å². The molecule has 6 heteroatoms. The Morgan fingerprint density at radius 1 is 1.26 bits per heavy atom. The zero-order chi connectivity index (χ0) is 13.8. The predicted octanol–water partition coefficient (Wildman–Crippen LogP) is 1.82. The second-order valence-electron chi connectivity index (χ2n) is 4.50. The number of rotatable bonds is 6. The minimum Gasteiger partial charge on any atom is -0.382 e. The summed E-state index contributed by atoms with van der Waals surface area (Å²) in [5.41, 5.74) is 2.81. The van der Waals surface area contributed by atoms with Crippen LogP contribution in [0.15, 0.2) is 0 Å². The summed E-state index contributed by atoms with van der Waals surface area (Å²) in [6.45, 7) is 8.22. The third-order valence-electron chi connectivity index (χ3n) is 2.92. The second-order valence-corrected chi connectivity index (χ2v) is 4.50. The Labute approximate surface area is 113 Å². The fraction of sp³-hybridized carbons (Fsp3) is 0.615. The Kier molecular flexibility index (Phi) is 4.31. The van der Waals surface area contributed by atoms with Gasteiger partial charge in [0, 0.05) is 26.8 Å². The van der Waals surface area contributed by atoms with Crippen LogP contribution in [0.25, 0.3) is 11.0 Å². The van der Waals surface area contributed by atoms with Gasteiger partial charge in [0.15, 0.2) is 5.82 Å². The number of fused-ring (bicyclic) bond motifs is 1. The van der Waals surface area contributed by atoms with Gasteiger partial charge in [-0.2, -0.15) is 5.10 Å². The molecule has 1 N–H and O–H groups in total. The fourth-order valence-corrected chi connectivity index (χ4v) is 2.10. The maximum atomic E-state index is 5.32. The van der Waals surface area contributed by atoms with Gasteiger partial charge in [0.25, 0.3) is 0 Å². The van der Waals surface area contributed by atoms with Crippen LogP contribution in [0.5, 0.6) is 0 Å². The highest BCUT2D eigenvalue weighted by atomic mass is 16.5. The number of hydrogen-bond donors (Lipinski definition) is 1. The van der Waals surface area contributed by atoms with Crippen molar-refractivity contribution < 1.29 is 4.74 Å². The smallest absolute Gasteiger partial charge is 0.156 e. The van der Waals surface area contributed by atoms with Crippen molar-refractivity contribution in [3.05, 3.63) is 11.5 Å². The molecule has 0 saturated carbocycles. The van der Waals surface area contributed by atoms with Gasteiger partial charge in [-0.15, -0.1) is 0 Å². The summed E-state index contributed by atoms with van der Waals surface area (Å²) in [6, 6.07) is 0. The maximum absolute atomic E-state index is 5.32. The van der Waals surface area contributed by atoms with Gasteiger partial charge in [-0.1, -0.05) is 0 Å². The molecule has 0 aromatic carbocycles. The number of nitrogens with zero attached hydrogens (tertiary/aromatic N) is 4. The van der Waals surface area contributed by atoms with Crippen molar-refractivity contribution in [1.82, 2.24) is 19.7 Å². The van der Waals surface area contributed by atoms with Crippen molar-refractivity contribution >= 4 is 16.9 Å². The summed E-state index contributed by atoms with van der Waals surface area (Å²) >= 11 is 0. The maximum Gasteiger partial charge on any atom is 0.156 e. The van der Waals surface area contributed by atoms with E-state index in [9.17, 15) is 0 Å². The average molecular weight is 263 g/mol. The van der Waals surface area contributed by atoms with E-state index in [1.165, 1.54) is 0 Å². The quantitative estimate of drug-likeness (QED) is 0.805.